The van der Waals surface area contributed by atoms with E-state index in [2.05, 4.69) is 21.1 Å². The van der Waals surface area contributed by atoms with Crippen LogP contribution >= 0.6 is 0 Å². The first-order valence-electron chi connectivity index (χ1n) is 15.1. The van der Waals surface area contributed by atoms with Gasteiger partial charge in [0, 0.05) is 41.9 Å². The maximum atomic E-state index is 13.7. The van der Waals surface area contributed by atoms with Crippen LogP contribution in [0.3, 0.4) is 0 Å². The van der Waals surface area contributed by atoms with Gasteiger partial charge in [0.15, 0.2) is 6.61 Å². The molecule has 3 aromatic carbocycles. The number of ether oxygens (including phenoxy) is 2. The number of benzene rings is 3. The van der Waals surface area contributed by atoms with Crippen molar-refractivity contribution in [1.82, 2.24) is 26.0 Å². The molecule has 1 aromatic heterocycles. The summed E-state index contributed by atoms with van der Waals surface area (Å²) in [7, 11) is 0. The number of carbonyl (C=O) groups excluding carboxylic acids is 4. The molecule has 4 heterocycles. The molecule has 4 aliphatic rings. The second-order valence-corrected chi connectivity index (χ2v) is 11.6. The van der Waals surface area contributed by atoms with Gasteiger partial charge in [-0.25, -0.2) is 0 Å². The minimum absolute atomic E-state index is 0.0709. The van der Waals surface area contributed by atoms with Gasteiger partial charge >= 0.3 is 0 Å². The molecule has 0 spiro atoms. The predicted octanol–water partition coefficient (Wildman–Crippen LogP) is 2.94. The topological polar surface area (TPSA) is 152 Å². The summed E-state index contributed by atoms with van der Waals surface area (Å²) >= 11 is 0. The Hall–Kier alpha value is -5.65. The highest BCUT2D eigenvalue weighted by molar-refractivity contribution is 6.01. The van der Waals surface area contributed by atoms with E-state index in [4.69, 9.17) is 14.0 Å². The van der Waals surface area contributed by atoms with Crippen molar-refractivity contribution in [3.05, 3.63) is 101 Å². The summed E-state index contributed by atoms with van der Waals surface area (Å²) in [4.78, 5) is 54.3. The van der Waals surface area contributed by atoms with E-state index in [-0.39, 0.29) is 72.6 Å². The van der Waals surface area contributed by atoms with Gasteiger partial charge in [0.25, 0.3) is 23.6 Å². The third-order valence-electron chi connectivity index (χ3n) is 8.07. The second-order valence-electron chi connectivity index (χ2n) is 11.6. The molecular weight excluding hydrogens is 590 g/mol. The molecule has 4 amide bonds. The van der Waals surface area contributed by atoms with Gasteiger partial charge in [0.05, 0.1) is 12.6 Å². The van der Waals surface area contributed by atoms with Gasteiger partial charge in [-0.15, -0.1) is 0 Å². The number of carbonyl (C=O) groups is 4. The minimum atomic E-state index is -0.611. The monoisotopic (exact) mass is 621 g/mol. The smallest absolute Gasteiger partial charge is 0.292 e. The van der Waals surface area contributed by atoms with Crippen molar-refractivity contribution in [2.24, 2.45) is 0 Å². The number of amides is 4. The fourth-order valence-electron chi connectivity index (χ4n) is 5.43. The molecule has 0 unspecified atom stereocenters. The molecule has 1 saturated heterocycles. The van der Waals surface area contributed by atoms with Gasteiger partial charge in [0.2, 0.25) is 5.76 Å². The third-order valence-corrected chi connectivity index (χ3v) is 8.07. The van der Waals surface area contributed by atoms with Crippen molar-refractivity contribution in [2.75, 3.05) is 19.7 Å². The molecule has 4 aromatic rings. The Bertz CT molecular complexity index is 1790. The maximum absolute atomic E-state index is 13.7. The van der Waals surface area contributed by atoms with E-state index in [9.17, 15) is 19.2 Å². The van der Waals surface area contributed by atoms with E-state index in [1.807, 2.05) is 42.5 Å². The molecule has 46 heavy (non-hydrogen) atoms. The van der Waals surface area contributed by atoms with E-state index < -0.39 is 18.1 Å². The molecular formula is C34H31N5O7. The molecule has 2 atom stereocenters. The Morgan fingerprint density at radius 3 is 2.48 bits per heavy atom. The standard InChI is InChI=1S/C34H31N5O7/c40-31-19-44-26-13-22(32(41)36-24-8-9-24)12-23(14-26)33(42)37-28-17-39(18-30(28)45-25-10-6-20(7-11-25)16-35-31)34(43)29-15-27(38-46-29)21-4-2-1-3-5-21/h1-7,10-15,24,28,30H,8-9,16-19H2,(H,35,40)(H,36,41)(H,37,42)/t28-,30-/m0/s1. The van der Waals surface area contributed by atoms with Crippen LogP contribution in [0, 0.1) is 0 Å². The van der Waals surface area contributed by atoms with Crippen LogP contribution in [0.4, 0.5) is 0 Å². The van der Waals surface area contributed by atoms with Crippen molar-refractivity contribution in [1.29, 1.82) is 0 Å². The molecule has 12 heteroatoms. The largest absolute Gasteiger partial charge is 0.486 e. The van der Waals surface area contributed by atoms with E-state index in [0.29, 0.717) is 11.4 Å². The van der Waals surface area contributed by atoms with Crippen LogP contribution in [0.5, 0.6) is 11.5 Å². The molecule has 2 fully saturated rings. The van der Waals surface area contributed by atoms with Crippen molar-refractivity contribution >= 4 is 23.6 Å². The van der Waals surface area contributed by atoms with E-state index in [1.54, 1.807) is 23.1 Å². The number of hydrogen-bond acceptors (Lipinski definition) is 8. The minimum Gasteiger partial charge on any atom is -0.486 e. The zero-order valence-corrected chi connectivity index (χ0v) is 24.7. The lowest BCUT2D eigenvalue weighted by Crippen LogP contribution is -2.45. The molecule has 3 aliphatic heterocycles. The number of likely N-dealkylation sites (tertiary alicyclic amines) is 1. The number of nitrogens with one attached hydrogen (secondary N) is 3. The van der Waals surface area contributed by atoms with Crippen molar-refractivity contribution in [3.63, 3.8) is 0 Å². The first-order valence-corrected chi connectivity index (χ1v) is 15.1. The number of nitrogens with zero attached hydrogens (tertiary/aromatic N) is 2. The summed E-state index contributed by atoms with van der Waals surface area (Å²) in [6.07, 6.45) is 1.19. The van der Waals surface area contributed by atoms with Gasteiger partial charge in [-0.3, -0.25) is 19.2 Å². The van der Waals surface area contributed by atoms with Gasteiger partial charge in [0.1, 0.15) is 23.3 Å². The number of rotatable bonds is 4. The van der Waals surface area contributed by atoms with E-state index in [1.165, 1.54) is 18.2 Å². The summed E-state index contributed by atoms with van der Waals surface area (Å²) in [5, 5.41) is 12.8. The molecule has 4 bridgehead atoms. The summed E-state index contributed by atoms with van der Waals surface area (Å²) in [5.41, 5.74) is 2.60. The summed E-state index contributed by atoms with van der Waals surface area (Å²) < 4.78 is 17.5. The summed E-state index contributed by atoms with van der Waals surface area (Å²) in [6.45, 7) is 0.277. The molecule has 12 nitrogen and oxygen atoms in total. The quantitative estimate of drug-likeness (QED) is 0.315. The highest BCUT2D eigenvalue weighted by atomic mass is 16.5. The summed E-state index contributed by atoms with van der Waals surface area (Å²) in [5.74, 6) is -0.760. The van der Waals surface area contributed by atoms with E-state index in [0.717, 1.165) is 24.0 Å². The molecule has 0 radical (unpaired) electrons. The zero-order valence-electron chi connectivity index (χ0n) is 24.7. The first-order chi connectivity index (χ1) is 22.4. The van der Waals surface area contributed by atoms with Crippen LogP contribution < -0.4 is 25.4 Å². The highest BCUT2D eigenvalue weighted by Crippen LogP contribution is 2.26. The van der Waals surface area contributed by atoms with Crippen LogP contribution in [-0.2, 0) is 11.3 Å². The first kappa shape index (κ1) is 29.1. The molecule has 3 N–H and O–H groups in total. The number of aromatic nitrogens is 1. The lowest BCUT2D eigenvalue weighted by Gasteiger charge is -2.21. The van der Waals surface area contributed by atoms with Crippen molar-refractivity contribution in [2.45, 2.75) is 37.6 Å². The normalized spacial score (nSPS) is 19.6. The van der Waals surface area contributed by atoms with Crippen LogP contribution in [0.25, 0.3) is 11.3 Å². The average molecular weight is 622 g/mol. The summed E-state index contributed by atoms with van der Waals surface area (Å²) in [6, 6.07) is 22.2. The Kier molecular flexibility index (Phi) is 7.83. The highest BCUT2D eigenvalue weighted by Gasteiger charge is 2.39. The van der Waals surface area contributed by atoms with E-state index >= 15 is 0 Å². The van der Waals surface area contributed by atoms with Crippen LogP contribution in [0.2, 0.25) is 0 Å². The van der Waals surface area contributed by atoms with Crippen LogP contribution in [-0.4, -0.2) is 71.6 Å². The Morgan fingerprint density at radius 2 is 1.70 bits per heavy atom. The average Bonchev–Trinajstić information content (AvgIpc) is 3.59. The Balaban J connectivity index is 1.17. The third kappa shape index (κ3) is 6.55. The maximum Gasteiger partial charge on any atom is 0.292 e. The SMILES string of the molecule is O=C1COc2cc(C(=O)NC3CC3)cc(c2)C(=O)N[C@H]2CN(C(=O)c3cc(-c4ccccc4)no3)C[C@@H]2Oc2ccc(cc2)CN1. The fraction of sp³-hybridized carbons (Fsp3) is 0.265. The van der Waals surface area contributed by atoms with Gasteiger partial charge in [-0.05, 0) is 48.7 Å². The zero-order chi connectivity index (χ0) is 31.6. The molecule has 8 rings (SSSR count). The van der Waals surface area contributed by atoms with Gasteiger partial charge in [-0.2, -0.15) is 0 Å². The van der Waals surface area contributed by atoms with Crippen molar-refractivity contribution < 1.29 is 33.2 Å². The number of fused-ring (bicyclic) bond motifs is 7. The Morgan fingerprint density at radius 1 is 0.891 bits per heavy atom. The molecule has 1 aliphatic carbocycles. The van der Waals surface area contributed by atoms with Crippen molar-refractivity contribution in [3.8, 4) is 22.8 Å². The van der Waals surface area contributed by atoms with Crippen LogP contribution in [0.1, 0.15) is 49.7 Å². The Labute approximate surface area is 264 Å². The lowest BCUT2D eigenvalue weighted by molar-refractivity contribution is -0.123. The fourth-order valence-corrected chi connectivity index (χ4v) is 5.43. The molecule has 1 saturated carbocycles. The van der Waals surface area contributed by atoms with Crippen LogP contribution in [0.15, 0.2) is 83.4 Å². The lowest BCUT2D eigenvalue weighted by atomic mass is 10.1. The van der Waals surface area contributed by atoms with Gasteiger partial charge < -0.3 is 34.8 Å². The molecule has 234 valence electrons. The van der Waals surface area contributed by atoms with Gasteiger partial charge in [-0.1, -0.05) is 47.6 Å². The second kappa shape index (κ2) is 12.4. The number of hydrogen-bond donors (Lipinski definition) is 3. The predicted molar refractivity (Wildman–Crippen MR) is 164 cm³/mol.